The quantitative estimate of drug-likeness (QED) is 0.459. The predicted octanol–water partition coefficient (Wildman–Crippen LogP) is 3.79. The molecule has 1 aromatic heterocycles. The molecule has 0 bridgehead atoms. The zero-order valence-corrected chi connectivity index (χ0v) is 20.9. The molecule has 7 nitrogen and oxygen atoms in total. The summed E-state index contributed by atoms with van der Waals surface area (Å²) >= 11 is 0. The maximum Gasteiger partial charge on any atom is 0.256 e. The van der Waals surface area contributed by atoms with Crippen LogP contribution in [0.25, 0.3) is 22.0 Å². The van der Waals surface area contributed by atoms with Gasteiger partial charge in [0.1, 0.15) is 0 Å². The fourth-order valence-electron chi connectivity index (χ4n) is 4.98. The smallest absolute Gasteiger partial charge is 0.256 e. The van der Waals surface area contributed by atoms with Gasteiger partial charge in [-0.05, 0) is 61.8 Å². The summed E-state index contributed by atoms with van der Waals surface area (Å²) in [5.74, 6) is -1.11. The number of fused-ring (bicyclic) bond motifs is 3. The van der Waals surface area contributed by atoms with Gasteiger partial charge in [0, 0.05) is 29.1 Å². The molecule has 0 fully saturated rings. The van der Waals surface area contributed by atoms with Crippen molar-refractivity contribution in [1.82, 2.24) is 4.98 Å². The molecule has 3 aromatic rings. The van der Waals surface area contributed by atoms with E-state index in [4.69, 9.17) is 5.73 Å². The highest BCUT2D eigenvalue weighted by molar-refractivity contribution is 7.95. The summed E-state index contributed by atoms with van der Waals surface area (Å²) in [7, 11) is -2.61. The number of hydrogen-bond donors (Lipinski definition) is 3. The highest BCUT2D eigenvalue weighted by Crippen LogP contribution is 2.42. The average Bonchev–Trinajstić information content (AvgIpc) is 3.18. The molecule has 4 N–H and O–H groups in total. The summed E-state index contributed by atoms with van der Waals surface area (Å²) in [6.07, 6.45) is 2.06. The second-order valence-electron chi connectivity index (χ2n) is 9.66. The molecular formula is C26H30FN3O4S. The fourth-order valence-corrected chi connectivity index (χ4v) is 5.62. The Morgan fingerprint density at radius 2 is 2.03 bits per heavy atom. The lowest BCUT2D eigenvalue weighted by atomic mass is 9.77. The van der Waals surface area contributed by atoms with Crippen LogP contribution < -0.4 is 10.0 Å². The number of halogens is 1. The van der Waals surface area contributed by atoms with Gasteiger partial charge >= 0.3 is 0 Å². The second-order valence-corrected chi connectivity index (χ2v) is 11.6. The molecule has 0 saturated carbocycles. The minimum Gasteiger partial charge on any atom is -0.390 e. The Kier molecular flexibility index (Phi) is 6.27. The van der Waals surface area contributed by atoms with Crippen molar-refractivity contribution in [3.05, 3.63) is 65.0 Å². The molecule has 1 amide bonds. The van der Waals surface area contributed by atoms with Crippen LogP contribution in [-0.4, -0.2) is 37.1 Å². The number of anilines is 1. The monoisotopic (exact) mass is 499 g/mol. The van der Waals surface area contributed by atoms with Gasteiger partial charge in [-0.1, -0.05) is 30.8 Å². The van der Waals surface area contributed by atoms with Gasteiger partial charge in [-0.15, -0.1) is 0 Å². The summed E-state index contributed by atoms with van der Waals surface area (Å²) in [6, 6.07) is 8.11. The molecule has 186 valence electrons. The van der Waals surface area contributed by atoms with Crippen LogP contribution in [0.15, 0.2) is 42.3 Å². The Morgan fingerprint density at radius 3 is 2.66 bits per heavy atom. The number of carbonyl (C=O) groups is 1. The first kappa shape index (κ1) is 24.9. The van der Waals surface area contributed by atoms with E-state index in [1.54, 1.807) is 38.1 Å². The van der Waals surface area contributed by atoms with Crippen LogP contribution in [0.1, 0.15) is 37.1 Å². The molecule has 1 atom stereocenters. The average molecular weight is 500 g/mol. The van der Waals surface area contributed by atoms with Gasteiger partial charge < -0.3 is 15.8 Å². The molecule has 4 rings (SSSR count). The largest absolute Gasteiger partial charge is 0.390 e. The first-order valence-electron chi connectivity index (χ1n) is 11.4. The molecule has 1 aliphatic carbocycles. The molecule has 1 heterocycles. The Hall–Kier alpha value is -3.17. The molecule has 0 aliphatic heterocycles. The molecule has 0 spiro atoms. The zero-order valence-electron chi connectivity index (χ0n) is 20.1. The molecule has 35 heavy (non-hydrogen) atoms. The number of aromatic amines is 1. The normalized spacial score (nSPS) is 16.2. The molecule has 0 saturated heterocycles. The maximum atomic E-state index is 15.8. The number of primary amides is 1. The number of aryl methyl sites for hydroxylation is 1. The molecule has 1 unspecified atom stereocenters. The van der Waals surface area contributed by atoms with Crippen LogP contribution in [-0.2, 0) is 34.1 Å². The summed E-state index contributed by atoms with van der Waals surface area (Å²) in [5.41, 5.74) is 8.74. The summed E-state index contributed by atoms with van der Waals surface area (Å²) in [4.78, 5) is 15.2. The van der Waals surface area contributed by atoms with E-state index >= 15 is 4.39 Å². The second kappa shape index (κ2) is 8.80. The van der Waals surface area contributed by atoms with Crippen LogP contribution in [0.2, 0.25) is 0 Å². The zero-order chi connectivity index (χ0) is 25.7. The van der Waals surface area contributed by atoms with Crippen molar-refractivity contribution in [1.29, 1.82) is 0 Å². The van der Waals surface area contributed by atoms with Gasteiger partial charge in [0.2, 0.25) is 5.91 Å². The highest BCUT2D eigenvalue weighted by Gasteiger charge is 2.33. The van der Waals surface area contributed by atoms with E-state index in [0.717, 1.165) is 32.8 Å². The lowest BCUT2D eigenvalue weighted by molar-refractivity contribution is -0.117. The predicted molar refractivity (Wildman–Crippen MR) is 136 cm³/mol. The number of hydrogen-bond acceptors (Lipinski definition) is 4. The molecular weight excluding hydrogens is 469 g/mol. The summed E-state index contributed by atoms with van der Waals surface area (Å²) in [6.45, 7) is 6.91. The van der Waals surface area contributed by atoms with Crippen LogP contribution in [0, 0.1) is 11.7 Å². The number of amides is 1. The Labute approximate surface area is 204 Å². The van der Waals surface area contributed by atoms with Crippen LogP contribution in [0.5, 0.6) is 0 Å². The number of nitrogens with zero attached hydrogens (tertiary/aromatic N) is 1. The van der Waals surface area contributed by atoms with Crippen molar-refractivity contribution in [2.24, 2.45) is 11.7 Å². The molecule has 9 heteroatoms. The number of H-pyrrole nitrogens is 1. The van der Waals surface area contributed by atoms with Gasteiger partial charge in [-0.25, -0.2) is 12.8 Å². The van der Waals surface area contributed by atoms with Crippen molar-refractivity contribution in [3.63, 3.8) is 0 Å². The number of sulfonamides is 1. The van der Waals surface area contributed by atoms with E-state index in [2.05, 4.69) is 11.6 Å². The number of rotatable bonds is 7. The number of nitrogens with two attached hydrogens (primary N) is 1. The van der Waals surface area contributed by atoms with Gasteiger partial charge in [0.25, 0.3) is 10.0 Å². The third kappa shape index (κ3) is 4.46. The number of carbonyl (C=O) groups excluding carboxylic acids is 1. The Morgan fingerprint density at radius 1 is 1.31 bits per heavy atom. The van der Waals surface area contributed by atoms with Crippen molar-refractivity contribution < 1.29 is 22.7 Å². The van der Waals surface area contributed by atoms with E-state index in [9.17, 15) is 18.3 Å². The molecule has 1 aliphatic rings. The maximum absolute atomic E-state index is 15.8. The van der Waals surface area contributed by atoms with E-state index in [1.165, 1.54) is 13.1 Å². The number of aliphatic hydroxyl groups is 1. The third-order valence-electron chi connectivity index (χ3n) is 6.99. The Balaban J connectivity index is 1.95. The molecule has 2 aromatic carbocycles. The first-order valence-corrected chi connectivity index (χ1v) is 12.9. The van der Waals surface area contributed by atoms with Crippen LogP contribution in [0.4, 0.5) is 10.1 Å². The van der Waals surface area contributed by atoms with Crippen LogP contribution >= 0.6 is 0 Å². The van der Waals surface area contributed by atoms with Gasteiger partial charge in [0.05, 0.1) is 23.2 Å². The molecule has 0 radical (unpaired) electrons. The standard InChI is InChI=1S/C26H30FN3O4S/c1-5-35(33,34)30(4)21-8-6-7-18(24(21)27)17-11-9-15(13-22(28)31)25-23(17)19-12-10-16(26(2,3)32)14-20(19)29-25/h5-9,11,16,29,32H,1,10,12-14H2,2-4H3,(H2,28,31). The van der Waals surface area contributed by atoms with Gasteiger partial charge in [-0.3, -0.25) is 9.10 Å². The SMILES string of the molecule is C=CS(=O)(=O)N(C)c1cccc(-c2ccc(CC(N)=O)c3[nH]c4c(c23)CCC(C(C)(C)O)C4)c1F. The lowest BCUT2D eigenvalue weighted by Crippen LogP contribution is -2.34. The van der Waals surface area contributed by atoms with Crippen molar-refractivity contribution in [2.75, 3.05) is 11.4 Å². The topological polar surface area (TPSA) is 116 Å². The number of nitrogens with one attached hydrogen (secondary N) is 1. The van der Waals surface area contributed by atoms with E-state index < -0.39 is 27.3 Å². The minimum atomic E-state index is -3.88. The number of aromatic nitrogens is 1. The Bertz CT molecular complexity index is 1440. The first-order chi connectivity index (χ1) is 16.3. The lowest BCUT2D eigenvalue weighted by Gasteiger charge is -2.32. The van der Waals surface area contributed by atoms with Crippen molar-refractivity contribution >= 4 is 32.5 Å². The van der Waals surface area contributed by atoms with Gasteiger partial charge in [-0.2, -0.15) is 0 Å². The van der Waals surface area contributed by atoms with Crippen molar-refractivity contribution in [2.45, 2.75) is 45.1 Å². The third-order valence-corrected chi connectivity index (χ3v) is 8.37. The van der Waals surface area contributed by atoms with Crippen molar-refractivity contribution in [3.8, 4) is 11.1 Å². The van der Waals surface area contributed by atoms with E-state index in [-0.39, 0.29) is 23.6 Å². The van der Waals surface area contributed by atoms with Gasteiger partial charge in [0.15, 0.2) is 5.82 Å². The minimum absolute atomic E-state index is 0.0218. The fraction of sp³-hybridized carbons (Fsp3) is 0.346. The number of benzene rings is 2. The summed E-state index contributed by atoms with van der Waals surface area (Å²) in [5, 5.41) is 12.1. The summed E-state index contributed by atoms with van der Waals surface area (Å²) < 4.78 is 41.3. The highest BCUT2D eigenvalue weighted by atomic mass is 32.2. The van der Waals surface area contributed by atoms with E-state index in [1.807, 2.05) is 0 Å². The van der Waals surface area contributed by atoms with Crippen LogP contribution in [0.3, 0.4) is 0 Å². The van der Waals surface area contributed by atoms with E-state index in [0.29, 0.717) is 29.5 Å².